The summed E-state index contributed by atoms with van der Waals surface area (Å²) in [5.74, 6) is -3.87. The van der Waals surface area contributed by atoms with Crippen molar-refractivity contribution in [3.05, 3.63) is 34.4 Å². The monoisotopic (exact) mass is 378 g/mol. The molecule has 0 heterocycles. The maximum atomic E-state index is 10.7. The van der Waals surface area contributed by atoms with Crippen LogP contribution in [0.4, 0.5) is 0 Å². The predicted molar refractivity (Wildman–Crippen MR) is 94.6 cm³/mol. The van der Waals surface area contributed by atoms with E-state index in [1.165, 1.54) is 21.0 Å². The standard InChI is InChI=1S/C19H22O8/c1-6-8(20)4-10(22)12(16(6)24)14-18(26)15(19(14)27-3)13-11(23)5-9(21)7(2)17(13)25/h4-5,14-15,18-26H,1-3H3. The van der Waals surface area contributed by atoms with E-state index in [0.29, 0.717) is 0 Å². The third kappa shape index (κ3) is 2.60. The van der Waals surface area contributed by atoms with Crippen LogP contribution in [0, 0.1) is 13.8 Å². The quantitative estimate of drug-likeness (QED) is 0.427. The van der Waals surface area contributed by atoms with E-state index in [0.717, 1.165) is 12.1 Å². The molecule has 0 aromatic heterocycles. The number of rotatable bonds is 3. The summed E-state index contributed by atoms with van der Waals surface area (Å²) in [6, 6.07) is 2.13. The normalized spacial score (nSPS) is 24.6. The number of hydrogen-bond donors (Lipinski definition) is 7. The molecule has 3 rings (SSSR count). The van der Waals surface area contributed by atoms with Crippen molar-refractivity contribution in [3.8, 4) is 34.5 Å². The highest BCUT2D eigenvalue weighted by atomic mass is 16.5. The molecule has 2 atom stereocenters. The molecule has 1 aliphatic rings. The Morgan fingerprint density at radius 1 is 0.704 bits per heavy atom. The first-order valence-electron chi connectivity index (χ1n) is 8.31. The lowest BCUT2D eigenvalue weighted by atomic mass is 9.62. The average Bonchev–Trinajstić information content (AvgIpc) is 2.61. The van der Waals surface area contributed by atoms with Gasteiger partial charge in [0.25, 0.3) is 0 Å². The lowest BCUT2D eigenvalue weighted by Crippen LogP contribution is -2.52. The second kappa shape index (κ2) is 6.40. The Morgan fingerprint density at radius 2 is 1.07 bits per heavy atom. The van der Waals surface area contributed by atoms with Crippen LogP contribution in [-0.2, 0) is 4.74 Å². The third-order valence-corrected chi connectivity index (χ3v) is 5.47. The molecule has 0 radical (unpaired) electrons. The topological polar surface area (TPSA) is 151 Å². The fourth-order valence-electron chi connectivity index (χ4n) is 3.83. The maximum Gasteiger partial charge on any atom is 0.129 e. The molecular weight excluding hydrogens is 356 g/mol. The zero-order chi connectivity index (χ0) is 20.2. The van der Waals surface area contributed by atoms with E-state index >= 15 is 0 Å². The number of methoxy groups -OCH3 is 1. The molecule has 7 N–H and O–H groups in total. The molecule has 2 unspecified atom stereocenters. The second-order valence-electron chi connectivity index (χ2n) is 6.85. The molecule has 1 fully saturated rings. The minimum absolute atomic E-state index is 0.00961. The summed E-state index contributed by atoms with van der Waals surface area (Å²) in [7, 11) is 1.36. The molecule has 1 saturated carbocycles. The number of aliphatic hydroxyl groups excluding tert-OH is 1. The van der Waals surface area contributed by atoms with Gasteiger partial charge in [-0.15, -0.1) is 0 Å². The van der Waals surface area contributed by atoms with Crippen LogP contribution in [0.2, 0.25) is 0 Å². The number of aromatic hydroxyl groups is 6. The van der Waals surface area contributed by atoms with E-state index in [-0.39, 0.29) is 45.3 Å². The minimum Gasteiger partial charge on any atom is -0.507 e. The van der Waals surface area contributed by atoms with Gasteiger partial charge in [0.2, 0.25) is 0 Å². The number of phenols is 6. The summed E-state index contributed by atoms with van der Waals surface area (Å²) in [4.78, 5) is 0. The number of phenolic OH excluding ortho intramolecular Hbond substituents is 6. The van der Waals surface area contributed by atoms with E-state index in [4.69, 9.17) is 4.74 Å². The number of aliphatic hydroxyl groups is 1. The van der Waals surface area contributed by atoms with Gasteiger partial charge in [0, 0.05) is 53.3 Å². The molecule has 2 aromatic rings. The predicted octanol–water partition coefficient (Wildman–Crippen LogP) is 1.79. The fourth-order valence-corrected chi connectivity index (χ4v) is 3.83. The van der Waals surface area contributed by atoms with Crippen molar-refractivity contribution in [2.24, 2.45) is 0 Å². The van der Waals surface area contributed by atoms with E-state index in [1.807, 2.05) is 0 Å². The van der Waals surface area contributed by atoms with Crippen LogP contribution in [0.1, 0.15) is 34.1 Å². The summed E-state index contributed by atoms with van der Waals surface area (Å²) >= 11 is 0. The van der Waals surface area contributed by atoms with Crippen molar-refractivity contribution >= 4 is 0 Å². The molecule has 0 spiro atoms. The van der Waals surface area contributed by atoms with E-state index in [1.54, 1.807) is 0 Å². The van der Waals surface area contributed by atoms with Crippen LogP contribution in [0.25, 0.3) is 0 Å². The van der Waals surface area contributed by atoms with Gasteiger partial charge in [-0.25, -0.2) is 0 Å². The van der Waals surface area contributed by atoms with Gasteiger partial charge in [-0.1, -0.05) is 0 Å². The largest absolute Gasteiger partial charge is 0.507 e. The zero-order valence-corrected chi connectivity index (χ0v) is 15.0. The first-order valence-corrected chi connectivity index (χ1v) is 8.31. The Kier molecular flexibility index (Phi) is 4.49. The average molecular weight is 378 g/mol. The Bertz CT molecular complexity index is 836. The summed E-state index contributed by atoms with van der Waals surface area (Å²) in [6.45, 7) is 2.91. The molecule has 0 amide bonds. The van der Waals surface area contributed by atoms with Crippen molar-refractivity contribution in [1.82, 2.24) is 0 Å². The van der Waals surface area contributed by atoms with Gasteiger partial charge < -0.3 is 40.5 Å². The molecule has 2 aromatic carbocycles. The summed E-state index contributed by atoms with van der Waals surface area (Å²) < 4.78 is 5.42. The number of hydrogen-bond acceptors (Lipinski definition) is 8. The highest BCUT2D eigenvalue weighted by molar-refractivity contribution is 5.62. The minimum atomic E-state index is -1.23. The van der Waals surface area contributed by atoms with Gasteiger partial charge in [-0.05, 0) is 13.8 Å². The van der Waals surface area contributed by atoms with Crippen molar-refractivity contribution in [3.63, 3.8) is 0 Å². The highest BCUT2D eigenvalue weighted by Crippen LogP contribution is 2.58. The first kappa shape index (κ1) is 18.9. The summed E-state index contributed by atoms with van der Waals surface area (Å²) in [5, 5.41) is 71.3. The van der Waals surface area contributed by atoms with Crippen molar-refractivity contribution in [1.29, 1.82) is 0 Å². The highest BCUT2D eigenvalue weighted by Gasteiger charge is 2.55. The Morgan fingerprint density at radius 3 is 1.41 bits per heavy atom. The second-order valence-corrected chi connectivity index (χ2v) is 6.85. The van der Waals surface area contributed by atoms with Crippen molar-refractivity contribution < 1.29 is 40.5 Å². The summed E-state index contributed by atoms with van der Waals surface area (Å²) in [6.07, 6.45) is -2.03. The van der Waals surface area contributed by atoms with Gasteiger partial charge in [0.05, 0.1) is 12.2 Å². The number of benzene rings is 2. The van der Waals surface area contributed by atoms with E-state index in [9.17, 15) is 35.7 Å². The molecule has 1 aliphatic carbocycles. The van der Waals surface area contributed by atoms with Crippen molar-refractivity contribution in [2.45, 2.75) is 37.9 Å². The molecule has 0 bridgehead atoms. The molecule has 146 valence electrons. The van der Waals surface area contributed by atoms with Gasteiger partial charge >= 0.3 is 0 Å². The van der Waals surface area contributed by atoms with Crippen LogP contribution >= 0.6 is 0 Å². The zero-order valence-electron chi connectivity index (χ0n) is 15.0. The summed E-state index contributed by atoms with van der Waals surface area (Å²) in [5.41, 5.74) is 0.296. The lowest BCUT2D eigenvalue weighted by molar-refractivity contribution is -0.101. The van der Waals surface area contributed by atoms with Crippen LogP contribution in [-0.4, -0.2) is 55.1 Å². The van der Waals surface area contributed by atoms with Crippen LogP contribution in [0.15, 0.2) is 12.1 Å². The van der Waals surface area contributed by atoms with Crippen LogP contribution in [0.3, 0.4) is 0 Å². The van der Waals surface area contributed by atoms with Gasteiger partial charge in [0.15, 0.2) is 0 Å². The van der Waals surface area contributed by atoms with Crippen LogP contribution in [0.5, 0.6) is 34.5 Å². The van der Waals surface area contributed by atoms with Gasteiger partial charge in [-0.3, -0.25) is 0 Å². The van der Waals surface area contributed by atoms with Gasteiger partial charge in [0.1, 0.15) is 34.5 Å². The molecule has 8 heteroatoms. The Balaban J connectivity index is 2.10. The van der Waals surface area contributed by atoms with E-state index < -0.39 is 35.5 Å². The van der Waals surface area contributed by atoms with Crippen LogP contribution < -0.4 is 0 Å². The molecular formula is C19H22O8. The smallest absolute Gasteiger partial charge is 0.129 e. The molecule has 0 saturated heterocycles. The molecule has 27 heavy (non-hydrogen) atoms. The third-order valence-electron chi connectivity index (χ3n) is 5.47. The fraction of sp³-hybridized carbons (Fsp3) is 0.368. The molecule has 8 nitrogen and oxygen atoms in total. The SMILES string of the molecule is COC1C(c2c(O)cc(O)c(C)c2O)C(O)C1c1c(O)cc(O)c(C)c1O. The lowest BCUT2D eigenvalue weighted by Gasteiger charge is -2.49. The molecule has 0 aliphatic heterocycles. The van der Waals surface area contributed by atoms with E-state index in [2.05, 4.69) is 0 Å². The first-order chi connectivity index (χ1) is 12.6. The maximum absolute atomic E-state index is 10.7. The number of ether oxygens (including phenoxy) is 1. The Hall–Kier alpha value is -2.84. The van der Waals surface area contributed by atoms with Crippen molar-refractivity contribution in [2.75, 3.05) is 7.11 Å². The Labute approximate surface area is 155 Å². The van der Waals surface area contributed by atoms with Gasteiger partial charge in [-0.2, -0.15) is 0 Å².